The molecule has 0 aliphatic carbocycles. The maximum atomic E-state index is 10.9. The smallest absolute Gasteiger partial charge is 0.405 e. The summed E-state index contributed by atoms with van der Waals surface area (Å²) in [5.74, 6) is 0.235. The third-order valence-electron chi connectivity index (χ3n) is 3.21. The van der Waals surface area contributed by atoms with E-state index in [4.69, 9.17) is 10.5 Å². The van der Waals surface area contributed by atoms with Crippen molar-refractivity contribution >= 4 is 22.0 Å². The lowest BCUT2D eigenvalue weighted by Crippen LogP contribution is -2.39. The Labute approximate surface area is 117 Å². The Bertz CT molecular complexity index is 418. The second-order valence-corrected chi connectivity index (χ2v) is 5.88. The molecule has 3 nitrogen and oxygen atoms in total. The molecule has 0 saturated heterocycles. The number of hydrogen-bond acceptors (Lipinski definition) is 2. The number of hydrogen-bond donors (Lipinski definition) is 1. The van der Waals surface area contributed by atoms with Gasteiger partial charge in [-0.2, -0.15) is 0 Å². The zero-order valence-corrected chi connectivity index (χ0v) is 12.7. The molecule has 100 valence electrons. The SMILES string of the molecule is CCC(Cc1cccc(Br)c1)C(C)(C)OC(N)=O. The van der Waals surface area contributed by atoms with Gasteiger partial charge < -0.3 is 10.5 Å². The molecule has 0 aliphatic rings. The highest BCUT2D eigenvalue weighted by Crippen LogP contribution is 2.28. The number of carbonyl (C=O) groups excluding carboxylic acids is 1. The second kappa shape index (κ2) is 6.23. The summed E-state index contributed by atoms with van der Waals surface area (Å²) in [6.45, 7) is 5.91. The van der Waals surface area contributed by atoms with Crippen molar-refractivity contribution < 1.29 is 9.53 Å². The third kappa shape index (κ3) is 4.33. The molecule has 0 aliphatic heterocycles. The van der Waals surface area contributed by atoms with Crippen LogP contribution in [0.15, 0.2) is 28.7 Å². The Kier molecular flexibility index (Phi) is 5.20. The van der Waals surface area contributed by atoms with E-state index in [1.807, 2.05) is 26.0 Å². The van der Waals surface area contributed by atoms with Gasteiger partial charge in [-0.15, -0.1) is 0 Å². The van der Waals surface area contributed by atoms with E-state index in [1.165, 1.54) is 5.56 Å². The highest BCUT2D eigenvalue weighted by Gasteiger charge is 2.31. The van der Waals surface area contributed by atoms with Crippen molar-refractivity contribution in [1.82, 2.24) is 0 Å². The van der Waals surface area contributed by atoms with E-state index in [0.29, 0.717) is 0 Å². The molecule has 1 aromatic carbocycles. The lowest BCUT2D eigenvalue weighted by atomic mass is 9.83. The summed E-state index contributed by atoms with van der Waals surface area (Å²) in [4.78, 5) is 10.9. The molecule has 0 spiro atoms. The van der Waals surface area contributed by atoms with Crippen LogP contribution in [0, 0.1) is 5.92 Å². The number of ether oxygens (including phenoxy) is 1. The van der Waals surface area contributed by atoms with Gasteiger partial charge in [0.25, 0.3) is 0 Å². The number of halogens is 1. The van der Waals surface area contributed by atoms with Crippen LogP contribution in [0.5, 0.6) is 0 Å². The van der Waals surface area contributed by atoms with Gasteiger partial charge in [0.2, 0.25) is 0 Å². The van der Waals surface area contributed by atoms with Crippen molar-refractivity contribution in [1.29, 1.82) is 0 Å². The van der Waals surface area contributed by atoms with E-state index in [9.17, 15) is 4.79 Å². The molecule has 0 bridgehead atoms. The van der Waals surface area contributed by atoms with Crippen LogP contribution in [-0.4, -0.2) is 11.7 Å². The number of benzene rings is 1. The fraction of sp³-hybridized carbons (Fsp3) is 0.500. The number of primary amides is 1. The first-order valence-electron chi connectivity index (χ1n) is 6.08. The molecule has 1 amide bonds. The molecule has 0 saturated carbocycles. The van der Waals surface area contributed by atoms with Crippen LogP contribution in [0.3, 0.4) is 0 Å². The van der Waals surface area contributed by atoms with Crippen molar-refractivity contribution in [2.24, 2.45) is 11.7 Å². The summed E-state index contributed by atoms with van der Waals surface area (Å²) in [7, 11) is 0. The maximum Gasteiger partial charge on any atom is 0.405 e. The number of rotatable bonds is 5. The van der Waals surface area contributed by atoms with Crippen LogP contribution >= 0.6 is 15.9 Å². The molecule has 18 heavy (non-hydrogen) atoms. The first kappa shape index (κ1) is 15.0. The molecule has 1 aromatic rings. The summed E-state index contributed by atoms with van der Waals surface area (Å²) in [6, 6.07) is 8.17. The summed E-state index contributed by atoms with van der Waals surface area (Å²) < 4.78 is 6.28. The van der Waals surface area contributed by atoms with Gasteiger partial charge in [-0.1, -0.05) is 35.0 Å². The highest BCUT2D eigenvalue weighted by molar-refractivity contribution is 9.10. The summed E-state index contributed by atoms with van der Waals surface area (Å²) in [5.41, 5.74) is 5.79. The maximum absolute atomic E-state index is 10.9. The van der Waals surface area contributed by atoms with Gasteiger partial charge in [-0.3, -0.25) is 0 Å². The van der Waals surface area contributed by atoms with Crippen LogP contribution < -0.4 is 5.73 Å². The normalized spacial score (nSPS) is 13.1. The minimum atomic E-state index is -0.715. The van der Waals surface area contributed by atoms with E-state index in [-0.39, 0.29) is 5.92 Å². The topological polar surface area (TPSA) is 52.3 Å². The van der Waals surface area contributed by atoms with Crippen molar-refractivity contribution in [2.45, 2.75) is 39.2 Å². The molecule has 2 N–H and O–H groups in total. The summed E-state index contributed by atoms with van der Waals surface area (Å²) >= 11 is 3.46. The Hall–Kier alpha value is -1.03. The third-order valence-corrected chi connectivity index (χ3v) is 3.70. The summed E-state index contributed by atoms with van der Waals surface area (Å²) in [6.07, 6.45) is 1.07. The largest absolute Gasteiger partial charge is 0.443 e. The van der Waals surface area contributed by atoms with E-state index in [0.717, 1.165) is 17.3 Å². The van der Waals surface area contributed by atoms with E-state index < -0.39 is 11.7 Å². The lowest BCUT2D eigenvalue weighted by Gasteiger charge is -2.33. The molecule has 0 aromatic heterocycles. The van der Waals surface area contributed by atoms with Gasteiger partial charge in [0.05, 0.1) is 0 Å². The van der Waals surface area contributed by atoms with E-state index >= 15 is 0 Å². The van der Waals surface area contributed by atoms with Gasteiger partial charge in [0.1, 0.15) is 5.60 Å². The quantitative estimate of drug-likeness (QED) is 0.896. The van der Waals surface area contributed by atoms with Gasteiger partial charge in [0, 0.05) is 10.4 Å². The minimum Gasteiger partial charge on any atom is -0.443 e. The molecular formula is C14H20BrNO2. The molecule has 1 unspecified atom stereocenters. The fourth-order valence-corrected chi connectivity index (χ4v) is 2.62. The molecule has 0 radical (unpaired) electrons. The molecule has 1 rings (SSSR count). The van der Waals surface area contributed by atoms with Crippen molar-refractivity contribution in [3.8, 4) is 0 Å². The lowest BCUT2D eigenvalue weighted by molar-refractivity contribution is -0.00272. The molecule has 1 atom stereocenters. The average Bonchev–Trinajstić information content (AvgIpc) is 2.24. The standard InChI is InChI=1S/C14H20BrNO2/c1-4-11(14(2,3)18-13(16)17)8-10-6-5-7-12(15)9-10/h5-7,9,11H,4,8H2,1-3H3,(H2,16,17). The van der Waals surface area contributed by atoms with Crippen molar-refractivity contribution in [3.05, 3.63) is 34.3 Å². The predicted molar refractivity (Wildman–Crippen MR) is 76.4 cm³/mol. The van der Waals surface area contributed by atoms with E-state index in [2.05, 4.69) is 35.0 Å². The van der Waals surface area contributed by atoms with Crippen molar-refractivity contribution in [2.75, 3.05) is 0 Å². The monoisotopic (exact) mass is 313 g/mol. The number of carbonyl (C=O) groups is 1. The molecular weight excluding hydrogens is 294 g/mol. The Morgan fingerprint density at radius 1 is 1.50 bits per heavy atom. The average molecular weight is 314 g/mol. The Morgan fingerprint density at radius 2 is 2.17 bits per heavy atom. The number of amides is 1. The van der Waals surface area contributed by atoms with Crippen LogP contribution in [0.2, 0.25) is 0 Å². The second-order valence-electron chi connectivity index (χ2n) is 4.96. The molecule has 4 heteroatoms. The summed E-state index contributed by atoms with van der Waals surface area (Å²) in [5, 5.41) is 0. The van der Waals surface area contributed by atoms with Gasteiger partial charge in [-0.25, -0.2) is 4.79 Å². The van der Waals surface area contributed by atoms with Crippen molar-refractivity contribution in [3.63, 3.8) is 0 Å². The van der Waals surface area contributed by atoms with Crippen LogP contribution in [0.1, 0.15) is 32.8 Å². The van der Waals surface area contributed by atoms with Gasteiger partial charge in [0.15, 0.2) is 0 Å². The van der Waals surface area contributed by atoms with Gasteiger partial charge >= 0.3 is 6.09 Å². The van der Waals surface area contributed by atoms with Crippen LogP contribution in [0.25, 0.3) is 0 Å². The van der Waals surface area contributed by atoms with Crippen LogP contribution in [0.4, 0.5) is 4.79 Å². The van der Waals surface area contributed by atoms with E-state index in [1.54, 1.807) is 0 Å². The highest BCUT2D eigenvalue weighted by atomic mass is 79.9. The Balaban J connectivity index is 2.81. The van der Waals surface area contributed by atoms with Crippen LogP contribution in [-0.2, 0) is 11.2 Å². The molecule has 0 fully saturated rings. The fourth-order valence-electron chi connectivity index (χ4n) is 2.17. The predicted octanol–water partition coefficient (Wildman–Crippen LogP) is 3.89. The number of nitrogens with two attached hydrogens (primary N) is 1. The first-order valence-corrected chi connectivity index (χ1v) is 6.87. The molecule has 0 heterocycles. The zero-order valence-electron chi connectivity index (χ0n) is 11.1. The first-order chi connectivity index (χ1) is 8.35. The van der Waals surface area contributed by atoms with Gasteiger partial charge in [-0.05, 0) is 44.4 Å². The minimum absolute atomic E-state index is 0.235. The zero-order chi connectivity index (χ0) is 13.8. The Morgan fingerprint density at radius 3 is 2.67 bits per heavy atom.